The number of benzene rings is 2. The Morgan fingerprint density at radius 1 is 1.11 bits per heavy atom. The van der Waals surface area contributed by atoms with Crippen LogP contribution in [-0.4, -0.2) is 18.0 Å². The first-order valence-corrected chi connectivity index (χ1v) is 8.87. The lowest BCUT2D eigenvalue weighted by Gasteiger charge is -2.13. The fourth-order valence-electron chi connectivity index (χ4n) is 2.88. The Labute approximate surface area is 159 Å². The average molecular weight is 361 g/mol. The second-order valence-corrected chi connectivity index (χ2v) is 6.20. The lowest BCUT2D eigenvalue weighted by Crippen LogP contribution is -2.14. The summed E-state index contributed by atoms with van der Waals surface area (Å²) in [5, 5.41) is 6.24. The molecule has 5 heteroatoms. The summed E-state index contributed by atoms with van der Waals surface area (Å²) in [5.41, 5.74) is 4.43. The Morgan fingerprint density at radius 2 is 1.93 bits per heavy atom. The monoisotopic (exact) mass is 361 g/mol. The van der Waals surface area contributed by atoms with E-state index in [4.69, 9.17) is 4.74 Å². The third-order valence-corrected chi connectivity index (χ3v) is 4.34. The molecule has 2 N–H and O–H groups in total. The zero-order valence-electron chi connectivity index (χ0n) is 15.7. The molecule has 138 valence electrons. The molecule has 0 bridgehead atoms. The number of carbonyl (C=O) groups is 1. The minimum absolute atomic E-state index is 0.157. The summed E-state index contributed by atoms with van der Waals surface area (Å²) in [6.45, 7) is 4.07. The van der Waals surface area contributed by atoms with E-state index in [2.05, 4.69) is 22.5 Å². The van der Waals surface area contributed by atoms with Crippen LogP contribution >= 0.6 is 0 Å². The smallest absolute Gasteiger partial charge is 0.255 e. The van der Waals surface area contributed by atoms with Gasteiger partial charge in [-0.1, -0.05) is 31.2 Å². The molecule has 1 amide bonds. The van der Waals surface area contributed by atoms with Crippen molar-refractivity contribution in [2.24, 2.45) is 0 Å². The fraction of sp³-hybridized carbons (Fsp3) is 0.182. The van der Waals surface area contributed by atoms with E-state index in [9.17, 15) is 4.79 Å². The molecule has 0 spiro atoms. The van der Waals surface area contributed by atoms with Crippen molar-refractivity contribution in [3.8, 4) is 5.75 Å². The van der Waals surface area contributed by atoms with Crippen molar-refractivity contribution in [1.29, 1.82) is 0 Å². The number of anilines is 3. The van der Waals surface area contributed by atoms with Crippen LogP contribution in [0.1, 0.15) is 28.4 Å². The van der Waals surface area contributed by atoms with Crippen LogP contribution in [0, 0.1) is 6.92 Å². The molecule has 0 aliphatic rings. The highest BCUT2D eigenvalue weighted by atomic mass is 16.5. The van der Waals surface area contributed by atoms with Gasteiger partial charge in [-0.2, -0.15) is 0 Å². The maximum Gasteiger partial charge on any atom is 0.255 e. The van der Waals surface area contributed by atoms with Crippen molar-refractivity contribution in [2.45, 2.75) is 20.3 Å². The molecule has 27 heavy (non-hydrogen) atoms. The van der Waals surface area contributed by atoms with Gasteiger partial charge >= 0.3 is 0 Å². The van der Waals surface area contributed by atoms with Gasteiger partial charge < -0.3 is 15.4 Å². The summed E-state index contributed by atoms with van der Waals surface area (Å²) in [4.78, 5) is 17.1. The number of aromatic nitrogens is 1. The topological polar surface area (TPSA) is 63.2 Å². The fourth-order valence-corrected chi connectivity index (χ4v) is 2.88. The van der Waals surface area contributed by atoms with Crippen LogP contribution in [0.25, 0.3) is 0 Å². The number of ether oxygens (including phenoxy) is 1. The van der Waals surface area contributed by atoms with Crippen LogP contribution in [0.4, 0.5) is 17.2 Å². The summed E-state index contributed by atoms with van der Waals surface area (Å²) in [6.07, 6.45) is 2.48. The largest absolute Gasteiger partial charge is 0.497 e. The number of aryl methyl sites for hydroxylation is 2. The average Bonchev–Trinajstić information content (AvgIpc) is 2.69. The Balaban J connectivity index is 1.80. The van der Waals surface area contributed by atoms with E-state index in [1.165, 1.54) is 0 Å². The van der Waals surface area contributed by atoms with Crippen LogP contribution in [-0.2, 0) is 6.42 Å². The molecule has 5 nitrogen and oxygen atoms in total. The van der Waals surface area contributed by atoms with Crippen molar-refractivity contribution >= 4 is 23.1 Å². The van der Waals surface area contributed by atoms with Gasteiger partial charge in [0.05, 0.1) is 7.11 Å². The van der Waals surface area contributed by atoms with Crippen LogP contribution in [0.3, 0.4) is 0 Å². The molecule has 0 unspecified atom stereocenters. The molecule has 0 fully saturated rings. The van der Waals surface area contributed by atoms with Gasteiger partial charge in [0.25, 0.3) is 5.91 Å². The summed E-state index contributed by atoms with van der Waals surface area (Å²) in [6, 6.07) is 17.0. The van der Waals surface area contributed by atoms with Gasteiger partial charge in [-0.3, -0.25) is 4.79 Å². The second-order valence-electron chi connectivity index (χ2n) is 6.20. The summed E-state index contributed by atoms with van der Waals surface area (Å²) >= 11 is 0. The van der Waals surface area contributed by atoms with Gasteiger partial charge in [0.1, 0.15) is 11.6 Å². The number of amides is 1. The molecule has 0 atom stereocenters. The highest BCUT2D eigenvalue weighted by molar-refractivity contribution is 6.05. The Bertz CT molecular complexity index is 954. The van der Waals surface area contributed by atoms with Gasteiger partial charge in [0, 0.05) is 29.2 Å². The first kappa shape index (κ1) is 18.5. The van der Waals surface area contributed by atoms with Crippen molar-refractivity contribution in [3.63, 3.8) is 0 Å². The number of nitrogens with one attached hydrogen (secondary N) is 2. The standard InChI is InChI=1S/C22H23N3O2/c1-4-16-8-5-7-15(2)21(16)25-22(26)17-11-12-23-20(13-17)24-18-9-6-10-19(14-18)27-3/h5-14H,4H2,1-3H3,(H,23,24)(H,25,26). The van der Waals surface area contributed by atoms with Gasteiger partial charge in [-0.25, -0.2) is 4.98 Å². The maximum atomic E-state index is 12.8. The number of methoxy groups -OCH3 is 1. The first-order chi connectivity index (χ1) is 13.1. The van der Waals surface area contributed by atoms with Gasteiger partial charge in [0.15, 0.2) is 0 Å². The van der Waals surface area contributed by atoms with Crippen molar-refractivity contribution < 1.29 is 9.53 Å². The van der Waals surface area contributed by atoms with Gasteiger partial charge in [-0.05, 0) is 48.7 Å². The normalized spacial score (nSPS) is 10.3. The van der Waals surface area contributed by atoms with E-state index >= 15 is 0 Å². The molecule has 3 rings (SSSR count). The van der Waals surface area contributed by atoms with E-state index in [0.29, 0.717) is 11.4 Å². The van der Waals surface area contributed by atoms with Crippen molar-refractivity contribution in [2.75, 3.05) is 17.7 Å². The van der Waals surface area contributed by atoms with E-state index in [-0.39, 0.29) is 5.91 Å². The van der Waals surface area contributed by atoms with E-state index in [1.807, 2.05) is 49.4 Å². The summed E-state index contributed by atoms with van der Waals surface area (Å²) < 4.78 is 5.23. The Morgan fingerprint density at radius 3 is 2.70 bits per heavy atom. The number of hydrogen-bond acceptors (Lipinski definition) is 4. The number of hydrogen-bond donors (Lipinski definition) is 2. The predicted octanol–water partition coefficient (Wildman–Crippen LogP) is 4.96. The predicted molar refractivity (Wildman–Crippen MR) is 109 cm³/mol. The number of carbonyl (C=O) groups excluding carboxylic acids is 1. The molecule has 2 aromatic carbocycles. The molecule has 0 saturated heterocycles. The highest BCUT2D eigenvalue weighted by Crippen LogP contribution is 2.23. The molecule has 1 heterocycles. The lowest BCUT2D eigenvalue weighted by atomic mass is 10.1. The third kappa shape index (κ3) is 4.44. The zero-order valence-corrected chi connectivity index (χ0v) is 15.7. The number of nitrogens with zero attached hydrogens (tertiary/aromatic N) is 1. The van der Waals surface area contributed by atoms with Crippen molar-refractivity contribution in [1.82, 2.24) is 4.98 Å². The molecule has 1 aromatic heterocycles. The van der Waals surface area contributed by atoms with Crippen LogP contribution in [0.2, 0.25) is 0 Å². The Kier molecular flexibility index (Phi) is 5.71. The van der Waals surface area contributed by atoms with E-state index in [1.54, 1.807) is 25.4 Å². The molecule has 0 saturated carbocycles. The quantitative estimate of drug-likeness (QED) is 0.651. The second kappa shape index (κ2) is 8.36. The molecule has 0 aliphatic carbocycles. The van der Waals surface area contributed by atoms with Crippen LogP contribution in [0.15, 0.2) is 60.8 Å². The van der Waals surface area contributed by atoms with E-state index in [0.717, 1.165) is 34.7 Å². The molecule has 0 aliphatic heterocycles. The molecular weight excluding hydrogens is 338 g/mol. The van der Waals surface area contributed by atoms with Crippen LogP contribution in [0.5, 0.6) is 5.75 Å². The van der Waals surface area contributed by atoms with E-state index < -0.39 is 0 Å². The maximum absolute atomic E-state index is 12.8. The lowest BCUT2D eigenvalue weighted by molar-refractivity contribution is 0.102. The van der Waals surface area contributed by atoms with Crippen molar-refractivity contribution in [3.05, 3.63) is 77.5 Å². The minimum atomic E-state index is -0.157. The van der Waals surface area contributed by atoms with Crippen LogP contribution < -0.4 is 15.4 Å². The molecular formula is C22H23N3O2. The third-order valence-electron chi connectivity index (χ3n) is 4.34. The SMILES string of the molecule is CCc1cccc(C)c1NC(=O)c1ccnc(Nc2cccc(OC)c2)c1. The summed E-state index contributed by atoms with van der Waals surface area (Å²) in [7, 11) is 1.62. The van der Waals surface area contributed by atoms with Gasteiger partial charge in [0.2, 0.25) is 0 Å². The Hall–Kier alpha value is -3.34. The number of pyridine rings is 1. The summed E-state index contributed by atoms with van der Waals surface area (Å²) in [5.74, 6) is 1.19. The highest BCUT2D eigenvalue weighted by Gasteiger charge is 2.11. The van der Waals surface area contributed by atoms with Gasteiger partial charge in [-0.15, -0.1) is 0 Å². The first-order valence-electron chi connectivity index (χ1n) is 8.87. The number of rotatable bonds is 6. The molecule has 3 aromatic rings. The minimum Gasteiger partial charge on any atom is -0.497 e. The molecule has 0 radical (unpaired) electrons. The number of para-hydroxylation sites is 1. The zero-order chi connectivity index (χ0) is 19.2.